The van der Waals surface area contributed by atoms with Crippen LogP contribution in [-0.4, -0.2) is 32.9 Å². The normalized spacial score (nSPS) is 24.9. The Labute approximate surface area is 154 Å². The van der Waals surface area contributed by atoms with Crippen molar-refractivity contribution in [2.24, 2.45) is 5.92 Å². The molecule has 1 aromatic carbocycles. The Hall–Kier alpha value is -2.42. The second kappa shape index (κ2) is 7.86. The maximum absolute atomic E-state index is 12.0. The van der Waals surface area contributed by atoms with Crippen LogP contribution < -0.4 is 14.2 Å². The van der Waals surface area contributed by atoms with E-state index in [1.54, 1.807) is 7.11 Å². The van der Waals surface area contributed by atoms with Gasteiger partial charge in [0.05, 0.1) is 44.3 Å². The number of ether oxygens (including phenoxy) is 4. The summed E-state index contributed by atoms with van der Waals surface area (Å²) in [5, 5.41) is 10.0. The molecule has 0 saturated heterocycles. The largest absolute Gasteiger partial charge is 0.493 e. The van der Waals surface area contributed by atoms with Gasteiger partial charge in [-0.3, -0.25) is 4.79 Å². The van der Waals surface area contributed by atoms with Crippen molar-refractivity contribution < 1.29 is 23.7 Å². The molecule has 140 valence electrons. The van der Waals surface area contributed by atoms with Crippen LogP contribution in [0.3, 0.4) is 0 Å². The van der Waals surface area contributed by atoms with E-state index in [0.29, 0.717) is 62.8 Å². The highest BCUT2D eigenvalue weighted by Gasteiger charge is 2.42. The van der Waals surface area contributed by atoms with Crippen molar-refractivity contribution in [1.29, 1.82) is 5.26 Å². The molecule has 0 atom stereocenters. The number of carbonyl (C=O) groups excluding carboxylic acids is 1. The van der Waals surface area contributed by atoms with Crippen molar-refractivity contribution >= 4 is 5.97 Å². The van der Waals surface area contributed by atoms with E-state index in [2.05, 4.69) is 6.07 Å². The predicted molar refractivity (Wildman–Crippen MR) is 94.5 cm³/mol. The molecule has 3 rings (SSSR count). The summed E-state index contributed by atoms with van der Waals surface area (Å²) in [5.74, 6) is 1.50. The molecule has 0 spiro atoms. The van der Waals surface area contributed by atoms with Gasteiger partial charge in [-0.15, -0.1) is 0 Å². The zero-order valence-corrected chi connectivity index (χ0v) is 15.4. The molecule has 0 aromatic heterocycles. The number of hydrogen-bond acceptors (Lipinski definition) is 6. The number of methoxy groups -OCH3 is 1. The Morgan fingerprint density at radius 3 is 2.58 bits per heavy atom. The van der Waals surface area contributed by atoms with Gasteiger partial charge in [0.15, 0.2) is 11.5 Å². The maximum atomic E-state index is 12.0. The summed E-state index contributed by atoms with van der Waals surface area (Å²) in [4.78, 5) is 12.0. The molecule has 1 aliphatic heterocycles. The number of hydrogen-bond donors (Lipinski definition) is 0. The highest BCUT2D eigenvalue weighted by Crippen LogP contribution is 2.50. The molecule has 1 saturated carbocycles. The average molecular weight is 359 g/mol. The van der Waals surface area contributed by atoms with Crippen LogP contribution in [0, 0.1) is 17.2 Å². The van der Waals surface area contributed by atoms with Crippen molar-refractivity contribution in [2.45, 2.75) is 44.4 Å². The fraction of sp³-hybridized carbons (Fsp3) is 0.600. The van der Waals surface area contributed by atoms with Crippen LogP contribution in [0.25, 0.3) is 0 Å². The van der Waals surface area contributed by atoms with Gasteiger partial charge in [-0.2, -0.15) is 5.26 Å². The first-order chi connectivity index (χ1) is 12.6. The quantitative estimate of drug-likeness (QED) is 0.767. The van der Waals surface area contributed by atoms with E-state index < -0.39 is 5.41 Å². The van der Waals surface area contributed by atoms with Gasteiger partial charge in [0.1, 0.15) is 0 Å². The van der Waals surface area contributed by atoms with Crippen LogP contribution >= 0.6 is 0 Å². The average Bonchev–Trinajstić information content (AvgIpc) is 2.93. The minimum atomic E-state index is -0.687. The van der Waals surface area contributed by atoms with Gasteiger partial charge in [-0.05, 0) is 44.7 Å². The topological polar surface area (TPSA) is 77.8 Å². The fourth-order valence-electron chi connectivity index (χ4n) is 3.82. The van der Waals surface area contributed by atoms with Crippen LogP contribution in [0.5, 0.6) is 17.2 Å². The molecule has 6 heteroatoms. The molecule has 26 heavy (non-hydrogen) atoms. The summed E-state index contributed by atoms with van der Waals surface area (Å²) in [7, 11) is 1.59. The Balaban J connectivity index is 1.92. The predicted octanol–water partition coefficient (Wildman–Crippen LogP) is 3.37. The summed E-state index contributed by atoms with van der Waals surface area (Å²) in [5.41, 5.74) is 0.146. The number of esters is 1. The van der Waals surface area contributed by atoms with Crippen molar-refractivity contribution in [1.82, 2.24) is 0 Å². The van der Waals surface area contributed by atoms with Gasteiger partial charge in [0.2, 0.25) is 5.75 Å². The third kappa shape index (κ3) is 3.31. The van der Waals surface area contributed by atoms with Gasteiger partial charge < -0.3 is 18.9 Å². The lowest BCUT2D eigenvalue weighted by atomic mass is 9.67. The van der Waals surface area contributed by atoms with E-state index in [1.165, 1.54) is 0 Å². The lowest BCUT2D eigenvalue weighted by Gasteiger charge is -2.35. The number of nitrogens with zero attached hydrogens (tertiary/aromatic N) is 1. The summed E-state index contributed by atoms with van der Waals surface area (Å²) in [6.45, 7) is 3.29. The van der Waals surface area contributed by atoms with Crippen LogP contribution in [0.15, 0.2) is 12.1 Å². The summed E-state index contributed by atoms with van der Waals surface area (Å²) in [6, 6.07) is 6.24. The first kappa shape index (κ1) is 18.4. The summed E-state index contributed by atoms with van der Waals surface area (Å²) >= 11 is 0. The third-order valence-electron chi connectivity index (χ3n) is 5.27. The minimum absolute atomic E-state index is 0.134. The van der Waals surface area contributed by atoms with Crippen LogP contribution in [0.2, 0.25) is 0 Å². The van der Waals surface area contributed by atoms with Gasteiger partial charge in [-0.1, -0.05) is 0 Å². The Kier molecular flexibility index (Phi) is 5.55. The maximum Gasteiger partial charge on any atom is 0.308 e. The minimum Gasteiger partial charge on any atom is -0.493 e. The number of nitriles is 1. The SMILES string of the molecule is CCOC(=O)C1CCC(C#N)(c2ccc(OC)c3c2OCCCO3)CC1. The number of fused-ring (bicyclic) bond motifs is 1. The highest BCUT2D eigenvalue weighted by molar-refractivity contribution is 5.72. The molecular formula is C20H25NO5. The van der Waals surface area contributed by atoms with Crippen LogP contribution in [0.4, 0.5) is 0 Å². The molecule has 0 bridgehead atoms. The number of benzene rings is 1. The third-order valence-corrected chi connectivity index (χ3v) is 5.27. The van der Waals surface area contributed by atoms with Crippen molar-refractivity contribution in [3.8, 4) is 23.3 Å². The van der Waals surface area contributed by atoms with E-state index >= 15 is 0 Å². The zero-order chi connectivity index (χ0) is 18.6. The standard InChI is InChI=1S/C20H25NO5/c1-3-24-19(22)14-7-9-20(13-21,10-8-14)15-5-6-16(23-2)18-17(15)25-11-4-12-26-18/h5-6,14H,3-4,7-12H2,1-2H3. The molecule has 1 heterocycles. The Bertz CT molecular complexity index is 701. The molecule has 1 aromatic rings. The van der Waals surface area contributed by atoms with E-state index in [4.69, 9.17) is 18.9 Å². The molecule has 1 fully saturated rings. The summed E-state index contributed by atoms with van der Waals surface area (Å²) in [6.07, 6.45) is 3.23. The van der Waals surface area contributed by atoms with E-state index in [1.807, 2.05) is 19.1 Å². The second-order valence-electron chi connectivity index (χ2n) is 6.74. The van der Waals surface area contributed by atoms with Crippen LogP contribution in [0.1, 0.15) is 44.6 Å². The fourth-order valence-corrected chi connectivity index (χ4v) is 3.82. The first-order valence-corrected chi connectivity index (χ1v) is 9.20. The van der Waals surface area contributed by atoms with Crippen LogP contribution in [-0.2, 0) is 14.9 Å². The van der Waals surface area contributed by atoms with Crippen molar-refractivity contribution in [2.75, 3.05) is 26.9 Å². The molecule has 0 amide bonds. The molecule has 0 N–H and O–H groups in total. The monoisotopic (exact) mass is 359 g/mol. The lowest BCUT2D eigenvalue weighted by molar-refractivity contribution is -0.149. The van der Waals surface area contributed by atoms with E-state index in [-0.39, 0.29) is 11.9 Å². The molecule has 2 aliphatic rings. The molecule has 6 nitrogen and oxygen atoms in total. The van der Waals surface area contributed by atoms with Crippen molar-refractivity contribution in [3.63, 3.8) is 0 Å². The number of rotatable bonds is 4. The van der Waals surface area contributed by atoms with Gasteiger partial charge in [-0.25, -0.2) is 0 Å². The smallest absolute Gasteiger partial charge is 0.308 e. The first-order valence-electron chi connectivity index (χ1n) is 9.20. The van der Waals surface area contributed by atoms with E-state index in [0.717, 1.165) is 12.0 Å². The molecule has 1 aliphatic carbocycles. The van der Waals surface area contributed by atoms with E-state index in [9.17, 15) is 10.1 Å². The highest BCUT2D eigenvalue weighted by atomic mass is 16.5. The lowest BCUT2D eigenvalue weighted by Crippen LogP contribution is -2.34. The van der Waals surface area contributed by atoms with Gasteiger partial charge >= 0.3 is 5.97 Å². The Morgan fingerprint density at radius 2 is 1.96 bits per heavy atom. The number of carbonyl (C=O) groups is 1. The van der Waals surface area contributed by atoms with Gasteiger partial charge in [0, 0.05) is 12.0 Å². The van der Waals surface area contributed by atoms with Gasteiger partial charge in [0.25, 0.3) is 0 Å². The second-order valence-corrected chi connectivity index (χ2v) is 6.74. The zero-order valence-electron chi connectivity index (χ0n) is 15.4. The molecular weight excluding hydrogens is 334 g/mol. The molecule has 0 radical (unpaired) electrons. The van der Waals surface area contributed by atoms with Crippen molar-refractivity contribution in [3.05, 3.63) is 17.7 Å². The summed E-state index contributed by atoms with van der Waals surface area (Å²) < 4.78 is 22.4. The molecule has 0 unspecified atom stereocenters. The Morgan fingerprint density at radius 1 is 1.27 bits per heavy atom.